The molecule has 0 aliphatic rings. The summed E-state index contributed by atoms with van der Waals surface area (Å²) in [6.07, 6.45) is 2.84. The average Bonchev–Trinajstić information content (AvgIpc) is 2.82. The van der Waals surface area contributed by atoms with Gasteiger partial charge in [-0.2, -0.15) is 4.68 Å². The zero-order chi connectivity index (χ0) is 12.5. The number of fused-ring (bicyclic) bond motifs is 1. The number of nitrogens with zero attached hydrogens (tertiary/aromatic N) is 6. The Morgan fingerprint density at radius 1 is 1.28 bits per heavy atom. The molecule has 18 heavy (non-hydrogen) atoms. The first-order valence-electron chi connectivity index (χ1n) is 5.02. The van der Waals surface area contributed by atoms with Crippen molar-refractivity contribution < 1.29 is 4.92 Å². The molecule has 3 aromatic rings. The van der Waals surface area contributed by atoms with Gasteiger partial charge in [0.25, 0.3) is 5.69 Å². The lowest BCUT2D eigenvalue weighted by Gasteiger charge is -2.01. The van der Waals surface area contributed by atoms with Gasteiger partial charge in [0.05, 0.1) is 11.1 Å². The quantitative estimate of drug-likeness (QED) is 0.493. The van der Waals surface area contributed by atoms with E-state index in [2.05, 4.69) is 20.3 Å². The van der Waals surface area contributed by atoms with Gasteiger partial charge in [-0.25, -0.2) is 9.97 Å². The minimum atomic E-state index is -0.468. The van der Waals surface area contributed by atoms with Gasteiger partial charge in [-0.15, -0.1) is 5.10 Å². The Kier molecular flexibility index (Phi) is 2.19. The summed E-state index contributed by atoms with van der Waals surface area (Å²) < 4.78 is 1.33. The fourth-order valence-electron chi connectivity index (χ4n) is 1.64. The van der Waals surface area contributed by atoms with Crippen LogP contribution in [0.2, 0.25) is 0 Å². The number of aromatic nitrogens is 5. The van der Waals surface area contributed by atoms with E-state index in [1.807, 2.05) is 0 Å². The third kappa shape index (κ3) is 1.47. The topological polar surface area (TPSA) is 99.6 Å². The first kappa shape index (κ1) is 10.3. The van der Waals surface area contributed by atoms with Gasteiger partial charge in [-0.3, -0.25) is 10.1 Å². The molecule has 0 N–H and O–H groups in total. The summed E-state index contributed by atoms with van der Waals surface area (Å²) >= 11 is 0. The number of para-hydroxylation sites is 2. The maximum Gasteiger partial charge on any atom is 0.295 e. The van der Waals surface area contributed by atoms with Crippen molar-refractivity contribution in [2.45, 2.75) is 0 Å². The van der Waals surface area contributed by atoms with Crippen LogP contribution in [0.25, 0.3) is 16.9 Å². The maximum atomic E-state index is 11.0. The monoisotopic (exact) mass is 242 g/mol. The Bertz CT molecular complexity index is 738. The summed E-state index contributed by atoms with van der Waals surface area (Å²) in [5, 5.41) is 18.7. The molecule has 0 bridgehead atoms. The number of rotatable bonds is 2. The summed E-state index contributed by atoms with van der Waals surface area (Å²) in [5.41, 5.74) is 1.18. The van der Waals surface area contributed by atoms with Crippen LogP contribution in [0, 0.1) is 10.1 Å². The molecular formula is C10H6N6O2. The minimum Gasteiger partial charge on any atom is -0.258 e. The van der Waals surface area contributed by atoms with Gasteiger partial charge in [-0.05, 0) is 6.07 Å². The molecule has 2 aromatic heterocycles. The highest BCUT2D eigenvalue weighted by atomic mass is 16.6. The van der Waals surface area contributed by atoms with Crippen molar-refractivity contribution in [1.29, 1.82) is 0 Å². The number of hydrogen-bond donors (Lipinski definition) is 0. The van der Waals surface area contributed by atoms with Crippen molar-refractivity contribution in [3.05, 3.63) is 46.9 Å². The molecule has 8 nitrogen and oxygen atoms in total. The molecule has 0 unspecified atom stereocenters. The summed E-state index contributed by atoms with van der Waals surface area (Å²) in [5.74, 6) is 0. The first-order valence-corrected chi connectivity index (χ1v) is 5.02. The fourth-order valence-corrected chi connectivity index (χ4v) is 1.64. The molecule has 0 saturated carbocycles. The van der Waals surface area contributed by atoms with Crippen molar-refractivity contribution in [1.82, 2.24) is 25.0 Å². The smallest absolute Gasteiger partial charge is 0.258 e. The van der Waals surface area contributed by atoms with Crippen molar-refractivity contribution in [2.75, 3.05) is 0 Å². The van der Waals surface area contributed by atoms with Crippen LogP contribution >= 0.6 is 0 Å². The molecule has 0 radical (unpaired) electrons. The molecule has 0 aliphatic carbocycles. The summed E-state index contributed by atoms with van der Waals surface area (Å²) in [6, 6.07) is 6.28. The molecule has 3 rings (SSSR count). The maximum absolute atomic E-state index is 11.0. The predicted octanol–water partition coefficient (Wildman–Crippen LogP) is 1.12. The van der Waals surface area contributed by atoms with Crippen LogP contribution in [0.1, 0.15) is 0 Å². The standard InChI is InChI=1S/C10H6N6O2/c17-16(18)9-4-2-1-3-8(9)15-10-7(13-14-15)5-11-6-12-10/h1-6H. The van der Waals surface area contributed by atoms with Crippen molar-refractivity contribution in [3.63, 3.8) is 0 Å². The van der Waals surface area contributed by atoms with Crippen LogP contribution in [0.3, 0.4) is 0 Å². The van der Waals surface area contributed by atoms with E-state index in [0.717, 1.165) is 0 Å². The highest BCUT2D eigenvalue weighted by molar-refractivity contribution is 5.71. The molecule has 2 heterocycles. The van der Waals surface area contributed by atoms with Gasteiger partial charge in [0.2, 0.25) is 0 Å². The second-order valence-electron chi connectivity index (χ2n) is 3.48. The van der Waals surface area contributed by atoms with E-state index < -0.39 is 4.92 Å². The van der Waals surface area contributed by atoms with E-state index in [4.69, 9.17) is 0 Å². The van der Waals surface area contributed by atoms with Gasteiger partial charge in [0.15, 0.2) is 11.2 Å². The molecule has 88 valence electrons. The fraction of sp³-hybridized carbons (Fsp3) is 0. The van der Waals surface area contributed by atoms with Crippen LogP contribution in [0.4, 0.5) is 5.69 Å². The SMILES string of the molecule is O=[N+]([O-])c1ccccc1-n1nnc2cncnc21. The van der Waals surface area contributed by atoms with E-state index >= 15 is 0 Å². The largest absolute Gasteiger partial charge is 0.295 e. The Labute approximate surface area is 100 Å². The first-order chi connectivity index (χ1) is 8.77. The number of hydrogen-bond acceptors (Lipinski definition) is 6. The van der Waals surface area contributed by atoms with Gasteiger partial charge in [0, 0.05) is 6.07 Å². The normalized spacial score (nSPS) is 10.7. The Balaban J connectivity index is 2.30. The van der Waals surface area contributed by atoms with E-state index in [1.165, 1.54) is 23.3 Å². The van der Waals surface area contributed by atoms with E-state index in [1.54, 1.807) is 18.2 Å². The number of nitro groups is 1. The highest BCUT2D eigenvalue weighted by Gasteiger charge is 2.17. The third-order valence-corrected chi connectivity index (χ3v) is 2.42. The third-order valence-electron chi connectivity index (χ3n) is 2.42. The molecule has 0 atom stereocenters. The molecule has 8 heteroatoms. The highest BCUT2D eigenvalue weighted by Crippen LogP contribution is 2.23. The van der Waals surface area contributed by atoms with Crippen LogP contribution in [-0.4, -0.2) is 29.9 Å². The molecule has 0 aliphatic heterocycles. The summed E-state index contributed by atoms with van der Waals surface area (Å²) in [4.78, 5) is 18.3. The molecule has 0 spiro atoms. The van der Waals surface area contributed by atoms with Crippen molar-refractivity contribution in [3.8, 4) is 5.69 Å². The van der Waals surface area contributed by atoms with E-state index in [9.17, 15) is 10.1 Å². The Morgan fingerprint density at radius 3 is 2.94 bits per heavy atom. The van der Waals surface area contributed by atoms with Crippen molar-refractivity contribution >= 4 is 16.9 Å². The van der Waals surface area contributed by atoms with E-state index in [-0.39, 0.29) is 5.69 Å². The van der Waals surface area contributed by atoms with Crippen LogP contribution in [-0.2, 0) is 0 Å². The summed E-state index contributed by atoms with van der Waals surface area (Å²) in [6.45, 7) is 0. The molecule has 1 aromatic carbocycles. The molecular weight excluding hydrogens is 236 g/mol. The molecule has 0 amide bonds. The van der Waals surface area contributed by atoms with Gasteiger partial charge in [-0.1, -0.05) is 17.3 Å². The lowest BCUT2D eigenvalue weighted by molar-refractivity contribution is -0.384. The van der Waals surface area contributed by atoms with Crippen LogP contribution in [0.5, 0.6) is 0 Å². The number of nitro benzene ring substituents is 1. The predicted molar refractivity (Wildman–Crippen MR) is 61.1 cm³/mol. The Hall–Kier alpha value is -2.90. The van der Waals surface area contributed by atoms with Gasteiger partial charge in [0.1, 0.15) is 12.0 Å². The zero-order valence-electron chi connectivity index (χ0n) is 8.96. The minimum absolute atomic E-state index is 0.0529. The van der Waals surface area contributed by atoms with Gasteiger partial charge >= 0.3 is 0 Å². The lowest BCUT2D eigenvalue weighted by Crippen LogP contribution is -2.02. The average molecular weight is 242 g/mol. The van der Waals surface area contributed by atoms with Crippen molar-refractivity contribution in [2.24, 2.45) is 0 Å². The van der Waals surface area contributed by atoms with Crippen LogP contribution < -0.4 is 0 Å². The van der Waals surface area contributed by atoms with Crippen LogP contribution in [0.15, 0.2) is 36.8 Å². The molecule has 0 saturated heterocycles. The second-order valence-corrected chi connectivity index (χ2v) is 3.48. The number of benzene rings is 1. The van der Waals surface area contributed by atoms with Gasteiger partial charge < -0.3 is 0 Å². The Morgan fingerprint density at radius 2 is 2.11 bits per heavy atom. The second kappa shape index (κ2) is 3.84. The van der Waals surface area contributed by atoms with E-state index in [0.29, 0.717) is 16.9 Å². The summed E-state index contributed by atoms with van der Waals surface area (Å²) in [7, 11) is 0. The zero-order valence-corrected chi connectivity index (χ0v) is 8.96. The molecule has 0 fully saturated rings. The lowest BCUT2D eigenvalue weighted by atomic mass is 10.3.